The highest BCUT2D eigenvalue weighted by molar-refractivity contribution is 5.95. The second-order valence-electron chi connectivity index (χ2n) is 5.29. The number of fused-ring (bicyclic) bond motifs is 1. The average molecular weight is 267 g/mol. The maximum absolute atomic E-state index is 12.6. The fourth-order valence-electron chi connectivity index (χ4n) is 2.66. The Kier molecular flexibility index (Phi) is 3.22. The molecule has 4 heteroatoms. The van der Waals surface area contributed by atoms with Crippen molar-refractivity contribution < 1.29 is 4.79 Å². The van der Waals surface area contributed by atoms with Gasteiger partial charge in [-0.2, -0.15) is 0 Å². The minimum Gasteiger partial charge on any atom is -0.334 e. The zero-order valence-electron chi connectivity index (χ0n) is 11.8. The maximum Gasteiger partial charge on any atom is 0.254 e. The van der Waals surface area contributed by atoms with Crippen molar-refractivity contribution in [2.75, 3.05) is 6.54 Å². The monoisotopic (exact) mass is 267 g/mol. The molecule has 0 saturated heterocycles. The van der Waals surface area contributed by atoms with Crippen LogP contribution in [0.25, 0.3) is 0 Å². The first-order valence-corrected chi connectivity index (χ1v) is 6.79. The Hall–Kier alpha value is -2.23. The Morgan fingerprint density at radius 2 is 2.15 bits per heavy atom. The van der Waals surface area contributed by atoms with Gasteiger partial charge in [0.1, 0.15) is 6.33 Å². The van der Waals surface area contributed by atoms with Gasteiger partial charge in [0.15, 0.2) is 0 Å². The van der Waals surface area contributed by atoms with Crippen LogP contribution in [-0.4, -0.2) is 27.3 Å². The summed E-state index contributed by atoms with van der Waals surface area (Å²) in [6.07, 6.45) is 4.18. The molecule has 0 fully saturated rings. The number of carbonyl (C=O) groups is 1. The number of nitrogens with zero attached hydrogens (tertiary/aromatic N) is 3. The molecule has 1 aliphatic heterocycles. The molecule has 1 amide bonds. The predicted molar refractivity (Wildman–Crippen MR) is 76.4 cm³/mol. The molecule has 0 radical (unpaired) electrons. The predicted octanol–water partition coefficient (Wildman–Crippen LogP) is 2.29. The summed E-state index contributed by atoms with van der Waals surface area (Å²) in [7, 11) is 0. The molecule has 0 unspecified atom stereocenters. The van der Waals surface area contributed by atoms with Gasteiger partial charge < -0.3 is 4.90 Å². The number of aryl methyl sites for hydroxylation is 2. The van der Waals surface area contributed by atoms with Gasteiger partial charge in [0.2, 0.25) is 0 Å². The first-order valence-electron chi connectivity index (χ1n) is 6.79. The molecule has 1 aromatic carbocycles. The standard InChI is InChI=1S/C16H17N3O/c1-11-3-4-14(12(2)7-11)16(20)19-6-5-15-13(9-19)8-17-10-18-15/h3-4,7-8,10H,5-6,9H2,1-2H3. The van der Waals surface area contributed by atoms with E-state index in [1.807, 2.05) is 43.1 Å². The molecule has 0 spiro atoms. The third kappa shape index (κ3) is 2.29. The first-order chi connectivity index (χ1) is 9.65. The van der Waals surface area contributed by atoms with E-state index in [1.165, 1.54) is 5.56 Å². The molecule has 2 aromatic rings. The summed E-state index contributed by atoms with van der Waals surface area (Å²) in [6.45, 7) is 5.34. The molecule has 0 saturated carbocycles. The first kappa shape index (κ1) is 12.8. The Balaban J connectivity index is 1.86. The molecule has 1 aromatic heterocycles. The van der Waals surface area contributed by atoms with Crippen molar-refractivity contribution in [1.29, 1.82) is 0 Å². The normalized spacial score (nSPS) is 14.0. The molecule has 0 atom stereocenters. The molecule has 1 aliphatic rings. The van der Waals surface area contributed by atoms with Crippen molar-refractivity contribution >= 4 is 5.91 Å². The highest BCUT2D eigenvalue weighted by Crippen LogP contribution is 2.19. The molecule has 3 rings (SSSR count). The van der Waals surface area contributed by atoms with E-state index in [9.17, 15) is 4.79 Å². The summed E-state index contributed by atoms with van der Waals surface area (Å²) in [4.78, 5) is 22.8. The number of carbonyl (C=O) groups excluding carboxylic acids is 1. The third-order valence-electron chi connectivity index (χ3n) is 3.76. The van der Waals surface area contributed by atoms with E-state index in [2.05, 4.69) is 9.97 Å². The summed E-state index contributed by atoms with van der Waals surface area (Å²) in [6, 6.07) is 5.96. The minimum atomic E-state index is 0.0944. The van der Waals surface area contributed by atoms with Crippen molar-refractivity contribution in [2.45, 2.75) is 26.8 Å². The summed E-state index contributed by atoms with van der Waals surface area (Å²) in [5.74, 6) is 0.0944. The van der Waals surface area contributed by atoms with Gasteiger partial charge in [-0.05, 0) is 25.5 Å². The minimum absolute atomic E-state index is 0.0944. The Morgan fingerprint density at radius 1 is 1.30 bits per heavy atom. The van der Waals surface area contributed by atoms with Gasteiger partial charge in [-0.15, -0.1) is 0 Å². The van der Waals surface area contributed by atoms with Gasteiger partial charge in [-0.1, -0.05) is 17.7 Å². The summed E-state index contributed by atoms with van der Waals surface area (Å²) < 4.78 is 0. The van der Waals surface area contributed by atoms with Gasteiger partial charge in [0.05, 0.1) is 5.69 Å². The molecule has 0 bridgehead atoms. The van der Waals surface area contributed by atoms with E-state index in [1.54, 1.807) is 6.33 Å². The highest BCUT2D eigenvalue weighted by Gasteiger charge is 2.23. The largest absolute Gasteiger partial charge is 0.334 e. The van der Waals surface area contributed by atoms with E-state index >= 15 is 0 Å². The summed E-state index contributed by atoms with van der Waals surface area (Å²) >= 11 is 0. The van der Waals surface area contributed by atoms with Crippen molar-refractivity contribution in [3.63, 3.8) is 0 Å². The van der Waals surface area contributed by atoms with E-state index in [-0.39, 0.29) is 5.91 Å². The van der Waals surface area contributed by atoms with Crippen molar-refractivity contribution in [1.82, 2.24) is 14.9 Å². The van der Waals surface area contributed by atoms with Crippen LogP contribution in [-0.2, 0) is 13.0 Å². The van der Waals surface area contributed by atoms with Crippen LogP contribution in [0.1, 0.15) is 32.7 Å². The lowest BCUT2D eigenvalue weighted by atomic mass is 10.0. The number of hydrogen-bond donors (Lipinski definition) is 0. The quantitative estimate of drug-likeness (QED) is 0.796. The van der Waals surface area contributed by atoms with Crippen LogP contribution >= 0.6 is 0 Å². The van der Waals surface area contributed by atoms with Gasteiger partial charge in [0.25, 0.3) is 5.91 Å². The molecule has 0 aliphatic carbocycles. The zero-order valence-corrected chi connectivity index (χ0v) is 11.8. The van der Waals surface area contributed by atoms with Crippen LogP contribution in [0.15, 0.2) is 30.7 Å². The Morgan fingerprint density at radius 3 is 2.95 bits per heavy atom. The second-order valence-corrected chi connectivity index (χ2v) is 5.29. The van der Waals surface area contributed by atoms with Gasteiger partial charge >= 0.3 is 0 Å². The van der Waals surface area contributed by atoms with Crippen LogP contribution in [0.4, 0.5) is 0 Å². The Bertz CT molecular complexity index is 667. The lowest BCUT2D eigenvalue weighted by Crippen LogP contribution is -2.36. The highest BCUT2D eigenvalue weighted by atomic mass is 16.2. The smallest absolute Gasteiger partial charge is 0.254 e. The summed E-state index contributed by atoms with van der Waals surface area (Å²) in [5, 5.41) is 0. The molecule has 2 heterocycles. The van der Waals surface area contributed by atoms with Crippen molar-refractivity contribution in [3.05, 3.63) is 58.7 Å². The van der Waals surface area contributed by atoms with E-state index < -0.39 is 0 Å². The topological polar surface area (TPSA) is 46.1 Å². The van der Waals surface area contributed by atoms with Gasteiger partial charge in [-0.25, -0.2) is 9.97 Å². The fourth-order valence-corrected chi connectivity index (χ4v) is 2.66. The van der Waals surface area contributed by atoms with Crippen molar-refractivity contribution in [3.8, 4) is 0 Å². The van der Waals surface area contributed by atoms with Crippen molar-refractivity contribution in [2.24, 2.45) is 0 Å². The number of benzene rings is 1. The lowest BCUT2D eigenvalue weighted by molar-refractivity contribution is 0.0732. The molecular weight excluding hydrogens is 250 g/mol. The van der Waals surface area contributed by atoms with E-state index in [0.717, 1.165) is 35.3 Å². The van der Waals surface area contributed by atoms with E-state index in [4.69, 9.17) is 0 Å². The van der Waals surface area contributed by atoms with Crippen LogP contribution < -0.4 is 0 Å². The fraction of sp³-hybridized carbons (Fsp3) is 0.312. The zero-order chi connectivity index (χ0) is 14.1. The van der Waals surface area contributed by atoms with Gasteiger partial charge in [-0.3, -0.25) is 4.79 Å². The maximum atomic E-state index is 12.6. The van der Waals surface area contributed by atoms with E-state index in [0.29, 0.717) is 6.54 Å². The summed E-state index contributed by atoms with van der Waals surface area (Å²) in [5.41, 5.74) is 5.11. The van der Waals surface area contributed by atoms with Crippen LogP contribution in [0.2, 0.25) is 0 Å². The SMILES string of the molecule is Cc1ccc(C(=O)N2CCc3ncncc3C2)c(C)c1. The lowest BCUT2D eigenvalue weighted by Gasteiger charge is -2.28. The Labute approximate surface area is 118 Å². The molecule has 4 nitrogen and oxygen atoms in total. The van der Waals surface area contributed by atoms with Crippen LogP contribution in [0.3, 0.4) is 0 Å². The number of rotatable bonds is 1. The number of amides is 1. The number of aromatic nitrogens is 2. The average Bonchev–Trinajstić information content (AvgIpc) is 2.46. The van der Waals surface area contributed by atoms with Crippen LogP contribution in [0.5, 0.6) is 0 Å². The molecular formula is C16H17N3O. The molecule has 0 N–H and O–H groups in total. The second kappa shape index (κ2) is 5.04. The molecule has 102 valence electrons. The van der Waals surface area contributed by atoms with Gasteiger partial charge in [0, 0.05) is 36.8 Å². The molecule has 20 heavy (non-hydrogen) atoms. The number of hydrogen-bond acceptors (Lipinski definition) is 3. The third-order valence-corrected chi connectivity index (χ3v) is 3.76. The van der Waals surface area contributed by atoms with Crippen LogP contribution in [0, 0.1) is 13.8 Å².